The van der Waals surface area contributed by atoms with E-state index in [0.717, 1.165) is 19.4 Å². The molecule has 1 saturated carbocycles. The van der Waals surface area contributed by atoms with Crippen LogP contribution in [0.25, 0.3) is 0 Å². The van der Waals surface area contributed by atoms with Gasteiger partial charge in [0.1, 0.15) is 17.3 Å². The van der Waals surface area contributed by atoms with Crippen LogP contribution < -0.4 is 10.6 Å². The van der Waals surface area contributed by atoms with Gasteiger partial charge in [0.05, 0.1) is 0 Å². The molecule has 1 atom stereocenters. The van der Waals surface area contributed by atoms with Gasteiger partial charge in [-0.2, -0.15) is 0 Å². The van der Waals surface area contributed by atoms with Crippen LogP contribution in [0.3, 0.4) is 0 Å². The maximum atomic E-state index is 14.3. The Kier molecular flexibility index (Phi) is 4.63. The predicted octanol–water partition coefficient (Wildman–Crippen LogP) is 3.48. The maximum absolute atomic E-state index is 14.3. The van der Waals surface area contributed by atoms with E-state index < -0.39 is 11.6 Å². The van der Waals surface area contributed by atoms with Crippen LogP contribution in [0.1, 0.15) is 39.2 Å². The van der Waals surface area contributed by atoms with E-state index in [0.29, 0.717) is 17.9 Å². The van der Waals surface area contributed by atoms with Gasteiger partial charge in [0.2, 0.25) is 0 Å². The molecule has 0 radical (unpaired) electrons. The fourth-order valence-corrected chi connectivity index (χ4v) is 2.52. The Balaban J connectivity index is 2.28. The van der Waals surface area contributed by atoms with E-state index in [1.54, 1.807) is 0 Å². The first kappa shape index (κ1) is 15.2. The van der Waals surface area contributed by atoms with Crippen molar-refractivity contribution in [1.29, 1.82) is 0 Å². The summed E-state index contributed by atoms with van der Waals surface area (Å²) in [4.78, 5) is 1.85. The highest BCUT2D eigenvalue weighted by atomic mass is 19.1. The van der Waals surface area contributed by atoms with Gasteiger partial charge in [0, 0.05) is 18.6 Å². The Bertz CT molecular complexity index is 445. The third kappa shape index (κ3) is 3.69. The first-order valence-corrected chi connectivity index (χ1v) is 7.38. The number of nitrogens with two attached hydrogens (primary N) is 1. The van der Waals surface area contributed by atoms with Gasteiger partial charge in [0.25, 0.3) is 0 Å². The largest absolute Gasteiger partial charge is 0.364 e. The van der Waals surface area contributed by atoms with Crippen LogP contribution in [0.4, 0.5) is 14.5 Å². The molecule has 0 saturated heterocycles. The van der Waals surface area contributed by atoms with E-state index >= 15 is 0 Å². The SMILES string of the molecule is CC(N)Cc1cc(F)c(N(CC2CC2)C(C)C)c(F)c1. The second-order valence-electron chi connectivity index (χ2n) is 6.28. The van der Waals surface area contributed by atoms with Crippen LogP contribution in [0, 0.1) is 17.6 Å². The van der Waals surface area contributed by atoms with Crippen molar-refractivity contribution in [3.63, 3.8) is 0 Å². The Hall–Kier alpha value is -1.16. The van der Waals surface area contributed by atoms with Crippen LogP contribution in [0.2, 0.25) is 0 Å². The van der Waals surface area contributed by atoms with E-state index in [1.165, 1.54) is 12.1 Å². The topological polar surface area (TPSA) is 29.3 Å². The standard InChI is InChI=1S/C16H24F2N2/c1-10(2)20(9-12-4-5-12)16-14(17)7-13(6-11(3)19)8-15(16)18/h7-8,10-12H,4-6,9,19H2,1-3H3. The molecule has 0 spiro atoms. The fourth-order valence-electron chi connectivity index (χ4n) is 2.52. The van der Waals surface area contributed by atoms with Gasteiger partial charge in [-0.15, -0.1) is 0 Å². The molecule has 1 aromatic carbocycles. The van der Waals surface area contributed by atoms with Gasteiger partial charge in [-0.1, -0.05) is 0 Å². The number of rotatable bonds is 6. The Morgan fingerprint density at radius 2 is 1.75 bits per heavy atom. The number of anilines is 1. The van der Waals surface area contributed by atoms with Crippen molar-refractivity contribution >= 4 is 5.69 Å². The van der Waals surface area contributed by atoms with Gasteiger partial charge >= 0.3 is 0 Å². The molecule has 0 amide bonds. The molecule has 112 valence electrons. The average molecular weight is 282 g/mol. The summed E-state index contributed by atoms with van der Waals surface area (Å²) in [6, 6.07) is 2.82. The van der Waals surface area contributed by atoms with Crippen LogP contribution in [-0.4, -0.2) is 18.6 Å². The lowest BCUT2D eigenvalue weighted by Crippen LogP contribution is -2.34. The van der Waals surface area contributed by atoms with Crippen molar-refractivity contribution in [3.8, 4) is 0 Å². The van der Waals surface area contributed by atoms with Gasteiger partial charge in [-0.3, -0.25) is 0 Å². The molecule has 0 bridgehead atoms. The zero-order valence-corrected chi connectivity index (χ0v) is 12.5. The van der Waals surface area contributed by atoms with Crippen molar-refractivity contribution in [2.45, 2.75) is 52.1 Å². The minimum absolute atomic E-state index is 0.0823. The number of hydrogen-bond acceptors (Lipinski definition) is 2. The second kappa shape index (κ2) is 6.08. The Labute approximate surface area is 120 Å². The molecule has 1 unspecified atom stereocenters. The predicted molar refractivity (Wildman–Crippen MR) is 78.9 cm³/mol. The average Bonchev–Trinajstić information content (AvgIpc) is 3.09. The molecule has 4 heteroatoms. The summed E-state index contributed by atoms with van der Waals surface area (Å²) in [6.07, 6.45) is 2.81. The molecule has 2 rings (SSSR count). The van der Waals surface area contributed by atoms with Crippen molar-refractivity contribution < 1.29 is 8.78 Å². The number of nitrogens with zero attached hydrogens (tertiary/aromatic N) is 1. The zero-order valence-electron chi connectivity index (χ0n) is 12.5. The lowest BCUT2D eigenvalue weighted by Gasteiger charge is -2.30. The molecule has 1 aliphatic carbocycles. The van der Waals surface area contributed by atoms with Crippen LogP contribution in [0.15, 0.2) is 12.1 Å². The summed E-state index contributed by atoms with van der Waals surface area (Å²) >= 11 is 0. The van der Waals surface area contributed by atoms with Crippen LogP contribution in [-0.2, 0) is 6.42 Å². The number of benzene rings is 1. The molecule has 2 N–H and O–H groups in total. The van der Waals surface area contributed by atoms with E-state index in [9.17, 15) is 8.78 Å². The van der Waals surface area contributed by atoms with Crippen LogP contribution in [0.5, 0.6) is 0 Å². The summed E-state index contributed by atoms with van der Waals surface area (Å²) < 4.78 is 28.6. The first-order valence-electron chi connectivity index (χ1n) is 7.38. The van der Waals surface area contributed by atoms with Gasteiger partial charge in [0.15, 0.2) is 0 Å². The Morgan fingerprint density at radius 1 is 1.20 bits per heavy atom. The maximum Gasteiger partial charge on any atom is 0.149 e. The summed E-state index contributed by atoms with van der Waals surface area (Å²) in [5.41, 5.74) is 6.42. The monoisotopic (exact) mass is 282 g/mol. The molecule has 0 aromatic heterocycles. The molecule has 1 aromatic rings. The molecule has 0 aliphatic heterocycles. The molecule has 0 heterocycles. The van der Waals surface area contributed by atoms with Crippen molar-refractivity contribution in [2.24, 2.45) is 11.7 Å². The summed E-state index contributed by atoms with van der Waals surface area (Å²) in [7, 11) is 0. The summed E-state index contributed by atoms with van der Waals surface area (Å²) in [5, 5.41) is 0. The third-order valence-corrected chi connectivity index (χ3v) is 3.70. The third-order valence-electron chi connectivity index (χ3n) is 3.70. The summed E-state index contributed by atoms with van der Waals surface area (Å²) in [5.74, 6) is -0.370. The summed E-state index contributed by atoms with van der Waals surface area (Å²) in [6.45, 7) is 6.50. The zero-order chi connectivity index (χ0) is 14.9. The molecule has 1 aliphatic rings. The van der Waals surface area contributed by atoms with Crippen molar-refractivity contribution in [2.75, 3.05) is 11.4 Å². The van der Waals surface area contributed by atoms with Gasteiger partial charge in [-0.25, -0.2) is 8.78 Å². The number of halogens is 2. The smallest absolute Gasteiger partial charge is 0.149 e. The number of hydrogen-bond donors (Lipinski definition) is 1. The Morgan fingerprint density at radius 3 is 2.15 bits per heavy atom. The van der Waals surface area contributed by atoms with E-state index in [2.05, 4.69) is 0 Å². The van der Waals surface area contributed by atoms with E-state index in [1.807, 2.05) is 25.7 Å². The molecular weight excluding hydrogens is 258 g/mol. The molecular formula is C16H24F2N2. The van der Waals surface area contributed by atoms with E-state index in [4.69, 9.17) is 5.73 Å². The highest BCUT2D eigenvalue weighted by molar-refractivity contribution is 5.51. The minimum Gasteiger partial charge on any atom is -0.364 e. The van der Waals surface area contributed by atoms with Gasteiger partial charge < -0.3 is 10.6 Å². The fraction of sp³-hybridized carbons (Fsp3) is 0.625. The van der Waals surface area contributed by atoms with Crippen molar-refractivity contribution in [3.05, 3.63) is 29.3 Å². The van der Waals surface area contributed by atoms with Gasteiger partial charge in [-0.05, 0) is 63.6 Å². The lowest BCUT2D eigenvalue weighted by atomic mass is 10.1. The minimum atomic E-state index is -0.477. The molecule has 20 heavy (non-hydrogen) atoms. The quantitative estimate of drug-likeness (QED) is 0.865. The normalized spacial score (nSPS) is 16.6. The highest BCUT2D eigenvalue weighted by Gasteiger charge is 2.28. The van der Waals surface area contributed by atoms with Crippen molar-refractivity contribution in [1.82, 2.24) is 0 Å². The van der Waals surface area contributed by atoms with Crippen LogP contribution >= 0.6 is 0 Å². The molecule has 2 nitrogen and oxygen atoms in total. The highest BCUT2D eigenvalue weighted by Crippen LogP contribution is 2.34. The second-order valence-corrected chi connectivity index (χ2v) is 6.28. The first-order chi connectivity index (χ1) is 9.38. The van der Waals surface area contributed by atoms with E-state index in [-0.39, 0.29) is 17.8 Å². The lowest BCUT2D eigenvalue weighted by molar-refractivity contribution is 0.543. The molecule has 1 fully saturated rings.